The van der Waals surface area contributed by atoms with Crippen molar-refractivity contribution in [3.8, 4) is 0 Å². The molecule has 0 unspecified atom stereocenters. The van der Waals surface area contributed by atoms with Crippen LogP contribution >= 0.6 is 0 Å². The summed E-state index contributed by atoms with van der Waals surface area (Å²) in [5.74, 6) is 0. The molecule has 0 spiro atoms. The standard InChI is InChI=1S/C8H8N2O2/c9-7-2-1-5(3-11)6(4-12)8(7)10/h1-4H,9-10H2. The molecule has 1 aromatic carbocycles. The maximum Gasteiger partial charge on any atom is 0.152 e. The van der Waals surface area contributed by atoms with E-state index in [-0.39, 0.29) is 16.8 Å². The van der Waals surface area contributed by atoms with Gasteiger partial charge in [-0.15, -0.1) is 0 Å². The fourth-order valence-corrected chi connectivity index (χ4v) is 0.904. The van der Waals surface area contributed by atoms with Crippen molar-refractivity contribution in [2.75, 3.05) is 11.5 Å². The Morgan fingerprint density at radius 2 is 1.75 bits per heavy atom. The molecular formula is C8H8N2O2. The van der Waals surface area contributed by atoms with Gasteiger partial charge in [-0.1, -0.05) is 0 Å². The van der Waals surface area contributed by atoms with Crippen molar-refractivity contribution in [3.63, 3.8) is 0 Å². The van der Waals surface area contributed by atoms with Gasteiger partial charge in [0.2, 0.25) is 0 Å². The van der Waals surface area contributed by atoms with E-state index in [4.69, 9.17) is 11.5 Å². The first-order valence-electron chi connectivity index (χ1n) is 3.29. The number of carbonyl (C=O) groups excluding carboxylic acids is 2. The molecule has 4 N–H and O–H groups in total. The van der Waals surface area contributed by atoms with Crippen LogP contribution in [0.3, 0.4) is 0 Å². The van der Waals surface area contributed by atoms with Gasteiger partial charge in [0.25, 0.3) is 0 Å². The summed E-state index contributed by atoms with van der Waals surface area (Å²) in [5, 5.41) is 0. The Morgan fingerprint density at radius 1 is 1.08 bits per heavy atom. The predicted molar refractivity (Wildman–Crippen MR) is 46.0 cm³/mol. The Kier molecular flexibility index (Phi) is 2.09. The smallest absolute Gasteiger partial charge is 0.152 e. The summed E-state index contributed by atoms with van der Waals surface area (Å²) >= 11 is 0. The van der Waals surface area contributed by atoms with Crippen LogP contribution in [-0.4, -0.2) is 12.6 Å². The first kappa shape index (κ1) is 8.26. The van der Waals surface area contributed by atoms with E-state index < -0.39 is 0 Å². The lowest BCUT2D eigenvalue weighted by Gasteiger charge is -2.03. The summed E-state index contributed by atoms with van der Waals surface area (Å²) in [6, 6.07) is 2.95. The first-order chi connectivity index (χ1) is 5.70. The second kappa shape index (κ2) is 3.04. The largest absolute Gasteiger partial charge is 0.397 e. The monoisotopic (exact) mass is 164 g/mol. The SMILES string of the molecule is Nc1ccc(C=O)c(C=O)c1N. The average Bonchev–Trinajstić information content (AvgIpc) is 2.09. The molecule has 12 heavy (non-hydrogen) atoms. The van der Waals surface area contributed by atoms with E-state index in [9.17, 15) is 9.59 Å². The van der Waals surface area contributed by atoms with Crippen molar-refractivity contribution in [3.05, 3.63) is 23.3 Å². The predicted octanol–water partition coefficient (Wildman–Crippen LogP) is 0.476. The zero-order valence-electron chi connectivity index (χ0n) is 6.28. The number of carbonyl (C=O) groups is 2. The second-order valence-electron chi connectivity index (χ2n) is 2.31. The van der Waals surface area contributed by atoms with Gasteiger partial charge in [0.1, 0.15) is 0 Å². The van der Waals surface area contributed by atoms with Crippen molar-refractivity contribution in [1.82, 2.24) is 0 Å². The van der Waals surface area contributed by atoms with Crippen LogP contribution in [0.4, 0.5) is 11.4 Å². The molecule has 0 amide bonds. The lowest BCUT2D eigenvalue weighted by Crippen LogP contribution is -2.02. The van der Waals surface area contributed by atoms with Gasteiger partial charge >= 0.3 is 0 Å². The maximum atomic E-state index is 10.5. The molecule has 1 rings (SSSR count). The van der Waals surface area contributed by atoms with Crippen molar-refractivity contribution in [2.24, 2.45) is 0 Å². The topological polar surface area (TPSA) is 86.2 Å². The fraction of sp³-hybridized carbons (Fsp3) is 0. The van der Waals surface area contributed by atoms with E-state index in [1.54, 1.807) is 0 Å². The minimum absolute atomic E-state index is 0.157. The molecule has 0 heterocycles. The van der Waals surface area contributed by atoms with Gasteiger partial charge in [0.05, 0.1) is 11.4 Å². The lowest BCUT2D eigenvalue weighted by molar-refractivity contribution is 0.109. The van der Waals surface area contributed by atoms with E-state index >= 15 is 0 Å². The molecule has 0 atom stereocenters. The highest BCUT2D eigenvalue weighted by atomic mass is 16.1. The number of hydrogen-bond donors (Lipinski definition) is 2. The van der Waals surface area contributed by atoms with Gasteiger partial charge in [-0.25, -0.2) is 0 Å². The van der Waals surface area contributed by atoms with Crippen LogP contribution in [0.5, 0.6) is 0 Å². The van der Waals surface area contributed by atoms with Crippen molar-refractivity contribution < 1.29 is 9.59 Å². The van der Waals surface area contributed by atoms with E-state index in [0.717, 1.165) is 0 Å². The maximum absolute atomic E-state index is 10.5. The molecular weight excluding hydrogens is 156 g/mol. The van der Waals surface area contributed by atoms with E-state index in [2.05, 4.69) is 0 Å². The molecule has 0 bridgehead atoms. The summed E-state index contributed by atoms with van der Waals surface area (Å²) in [6.45, 7) is 0. The summed E-state index contributed by atoms with van der Waals surface area (Å²) in [7, 11) is 0. The lowest BCUT2D eigenvalue weighted by atomic mass is 10.1. The number of hydrogen-bond acceptors (Lipinski definition) is 4. The van der Waals surface area contributed by atoms with E-state index in [0.29, 0.717) is 18.3 Å². The van der Waals surface area contributed by atoms with E-state index in [1.165, 1.54) is 12.1 Å². The Labute approximate surface area is 69.2 Å². The third-order valence-corrected chi connectivity index (χ3v) is 1.60. The molecule has 0 fully saturated rings. The summed E-state index contributed by atoms with van der Waals surface area (Å²) in [6.07, 6.45) is 1.09. The van der Waals surface area contributed by atoms with Crippen molar-refractivity contribution in [2.45, 2.75) is 0 Å². The Balaban J connectivity index is 3.45. The van der Waals surface area contributed by atoms with Crippen molar-refractivity contribution in [1.29, 1.82) is 0 Å². The van der Waals surface area contributed by atoms with Gasteiger partial charge in [0.15, 0.2) is 12.6 Å². The van der Waals surface area contributed by atoms with Crippen LogP contribution in [0.1, 0.15) is 20.7 Å². The molecule has 0 saturated carbocycles. The Morgan fingerprint density at radius 3 is 2.25 bits per heavy atom. The average molecular weight is 164 g/mol. The minimum atomic E-state index is 0.157. The highest BCUT2D eigenvalue weighted by Crippen LogP contribution is 2.20. The molecule has 4 heteroatoms. The van der Waals surface area contributed by atoms with Gasteiger partial charge in [0, 0.05) is 11.1 Å². The third kappa shape index (κ3) is 1.14. The first-order valence-corrected chi connectivity index (χ1v) is 3.29. The van der Waals surface area contributed by atoms with Gasteiger partial charge < -0.3 is 11.5 Å². The molecule has 1 aromatic rings. The Bertz CT molecular complexity index is 334. The molecule has 0 saturated heterocycles. The van der Waals surface area contributed by atoms with Crippen LogP contribution in [0.2, 0.25) is 0 Å². The number of nitrogen functional groups attached to an aromatic ring is 2. The zero-order chi connectivity index (χ0) is 9.14. The summed E-state index contributed by atoms with van der Waals surface area (Å²) < 4.78 is 0. The van der Waals surface area contributed by atoms with Crippen LogP contribution < -0.4 is 11.5 Å². The number of aldehydes is 2. The number of rotatable bonds is 2. The number of nitrogens with two attached hydrogens (primary N) is 2. The molecule has 0 aliphatic carbocycles. The molecule has 62 valence electrons. The van der Waals surface area contributed by atoms with Crippen LogP contribution in [0.25, 0.3) is 0 Å². The molecule has 4 nitrogen and oxygen atoms in total. The fourth-order valence-electron chi connectivity index (χ4n) is 0.904. The quantitative estimate of drug-likeness (QED) is 0.491. The summed E-state index contributed by atoms with van der Waals surface area (Å²) in [4.78, 5) is 20.9. The highest BCUT2D eigenvalue weighted by molar-refractivity contribution is 5.98. The Hall–Kier alpha value is -1.84. The third-order valence-electron chi connectivity index (χ3n) is 1.60. The van der Waals surface area contributed by atoms with Gasteiger partial charge in [-0.05, 0) is 12.1 Å². The zero-order valence-corrected chi connectivity index (χ0v) is 6.28. The summed E-state index contributed by atoms with van der Waals surface area (Å²) in [5.41, 5.74) is 11.8. The van der Waals surface area contributed by atoms with Gasteiger partial charge in [-0.3, -0.25) is 9.59 Å². The van der Waals surface area contributed by atoms with Crippen LogP contribution in [0, 0.1) is 0 Å². The van der Waals surface area contributed by atoms with E-state index in [1.807, 2.05) is 0 Å². The van der Waals surface area contributed by atoms with Crippen molar-refractivity contribution >= 4 is 23.9 Å². The highest BCUT2D eigenvalue weighted by Gasteiger charge is 2.06. The molecule has 0 aliphatic rings. The molecule has 0 aromatic heterocycles. The normalized spacial score (nSPS) is 9.33. The minimum Gasteiger partial charge on any atom is -0.397 e. The second-order valence-corrected chi connectivity index (χ2v) is 2.31. The number of benzene rings is 1. The number of anilines is 2. The van der Waals surface area contributed by atoms with Crippen LogP contribution in [-0.2, 0) is 0 Å². The van der Waals surface area contributed by atoms with Crippen LogP contribution in [0.15, 0.2) is 12.1 Å². The van der Waals surface area contributed by atoms with Gasteiger partial charge in [-0.2, -0.15) is 0 Å². The molecule has 0 aliphatic heterocycles. The molecule has 0 radical (unpaired) electrons.